The smallest absolute Gasteiger partial charge is 0.372 e. The van der Waals surface area contributed by atoms with Crippen molar-refractivity contribution in [3.63, 3.8) is 0 Å². The van der Waals surface area contributed by atoms with Crippen molar-refractivity contribution < 1.29 is 19.5 Å². The normalized spacial score (nSPS) is 8.33. The zero-order chi connectivity index (χ0) is 9.56. The summed E-state index contributed by atoms with van der Waals surface area (Å²) in [5, 5.41) is 10.7. The molecule has 0 aromatic carbocycles. The fourth-order valence-corrected chi connectivity index (χ4v) is 0.427. The highest BCUT2D eigenvalue weighted by atomic mass is 16.4. The van der Waals surface area contributed by atoms with Crippen LogP contribution in [0.15, 0.2) is 5.11 Å². The summed E-state index contributed by atoms with van der Waals surface area (Å²) < 4.78 is 0. The number of carbonyl (C=O) groups is 3. The first-order valence-corrected chi connectivity index (χ1v) is 2.92. The number of nitrogens with zero attached hydrogens (tertiary/aromatic N) is 3. The van der Waals surface area contributed by atoms with Gasteiger partial charge in [-0.2, -0.15) is 0 Å². The van der Waals surface area contributed by atoms with Crippen LogP contribution in [-0.4, -0.2) is 22.8 Å². The Morgan fingerprint density at radius 3 is 2.33 bits per heavy atom. The topological polar surface area (TPSA) is 120 Å². The SMILES string of the molecule is [N-]=[N+]=NC(=O)CCC(=O)C(=O)O. The van der Waals surface area contributed by atoms with E-state index in [1.54, 1.807) is 0 Å². The monoisotopic (exact) mass is 171 g/mol. The number of amides is 1. The molecule has 0 aliphatic carbocycles. The van der Waals surface area contributed by atoms with Gasteiger partial charge >= 0.3 is 5.97 Å². The van der Waals surface area contributed by atoms with Crippen molar-refractivity contribution in [1.29, 1.82) is 0 Å². The molecule has 0 aromatic heterocycles. The zero-order valence-electron chi connectivity index (χ0n) is 5.93. The minimum Gasteiger partial charge on any atom is -0.476 e. The van der Waals surface area contributed by atoms with Gasteiger partial charge in [0, 0.05) is 17.8 Å². The fraction of sp³-hybridized carbons (Fsp3) is 0.400. The Labute approximate surface area is 66.6 Å². The van der Waals surface area contributed by atoms with E-state index in [-0.39, 0.29) is 6.42 Å². The molecule has 1 amide bonds. The van der Waals surface area contributed by atoms with Crippen LogP contribution < -0.4 is 0 Å². The Balaban J connectivity index is 3.84. The van der Waals surface area contributed by atoms with Gasteiger partial charge < -0.3 is 5.11 Å². The molecule has 0 aromatic rings. The number of Topliss-reactive ketones (excluding diaryl/α,β-unsaturated/α-hetero) is 1. The van der Waals surface area contributed by atoms with Crippen LogP contribution in [0.3, 0.4) is 0 Å². The van der Waals surface area contributed by atoms with Crippen molar-refractivity contribution in [3.05, 3.63) is 10.4 Å². The minimum absolute atomic E-state index is 0.366. The van der Waals surface area contributed by atoms with Crippen molar-refractivity contribution >= 4 is 17.7 Å². The van der Waals surface area contributed by atoms with E-state index in [2.05, 4.69) is 10.0 Å². The number of azide groups is 1. The van der Waals surface area contributed by atoms with Crippen molar-refractivity contribution in [2.24, 2.45) is 5.11 Å². The average Bonchev–Trinajstić information content (AvgIpc) is 2.00. The maximum absolute atomic E-state index is 10.4. The molecule has 0 saturated heterocycles. The Morgan fingerprint density at radius 1 is 1.33 bits per heavy atom. The van der Waals surface area contributed by atoms with E-state index in [0.717, 1.165) is 0 Å². The van der Waals surface area contributed by atoms with Crippen LogP contribution in [0, 0.1) is 0 Å². The van der Waals surface area contributed by atoms with Crippen molar-refractivity contribution in [2.75, 3.05) is 0 Å². The largest absolute Gasteiger partial charge is 0.476 e. The summed E-state index contributed by atoms with van der Waals surface area (Å²) in [6.45, 7) is 0. The molecule has 0 spiro atoms. The molecule has 1 N–H and O–H groups in total. The molecule has 7 nitrogen and oxygen atoms in total. The van der Waals surface area contributed by atoms with Gasteiger partial charge in [-0.1, -0.05) is 0 Å². The summed E-state index contributed by atoms with van der Waals surface area (Å²) in [7, 11) is 0. The van der Waals surface area contributed by atoms with Gasteiger partial charge in [-0.05, 0) is 10.6 Å². The third-order valence-corrected chi connectivity index (χ3v) is 0.961. The molecule has 0 fully saturated rings. The molecule has 0 aliphatic heterocycles. The molecule has 64 valence electrons. The van der Waals surface area contributed by atoms with Gasteiger partial charge in [0.15, 0.2) is 0 Å². The van der Waals surface area contributed by atoms with Crippen molar-refractivity contribution in [1.82, 2.24) is 0 Å². The number of carboxylic acids is 1. The van der Waals surface area contributed by atoms with E-state index >= 15 is 0 Å². The lowest BCUT2D eigenvalue weighted by atomic mass is 10.2. The Hall–Kier alpha value is -1.88. The van der Waals surface area contributed by atoms with E-state index in [1.807, 2.05) is 0 Å². The lowest BCUT2D eigenvalue weighted by Crippen LogP contribution is -2.13. The van der Waals surface area contributed by atoms with Gasteiger partial charge in [0.1, 0.15) is 0 Å². The average molecular weight is 171 g/mol. The van der Waals surface area contributed by atoms with Gasteiger partial charge in [-0.3, -0.25) is 9.59 Å². The number of carbonyl (C=O) groups excluding carboxylic acids is 2. The fourth-order valence-electron chi connectivity index (χ4n) is 0.427. The Kier molecular flexibility index (Phi) is 4.10. The molecular weight excluding hydrogens is 166 g/mol. The molecule has 0 rings (SSSR count). The summed E-state index contributed by atoms with van der Waals surface area (Å²) in [6, 6.07) is 0. The quantitative estimate of drug-likeness (QED) is 0.282. The third-order valence-electron chi connectivity index (χ3n) is 0.961. The van der Waals surface area contributed by atoms with Crippen LogP contribution >= 0.6 is 0 Å². The number of ketones is 1. The number of hydrogen-bond acceptors (Lipinski definition) is 3. The maximum Gasteiger partial charge on any atom is 0.372 e. The summed E-state index contributed by atoms with van der Waals surface area (Å²) in [4.78, 5) is 32.9. The van der Waals surface area contributed by atoms with Crippen LogP contribution in [-0.2, 0) is 14.4 Å². The molecular formula is C5H5N3O4. The van der Waals surface area contributed by atoms with Gasteiger partial charge in [0.2, 0.25) is 11.7 Å². The first-order chi connectivity index (χ1) is 5.57. The Bertz CT molecular complexity index is 252. The van der Waals surface area contributed by atoms with Crippen LogP contribution in [0.4, 0.5) is 0 Å². The first-order valence-electron chi connectivity index (χ1n) is 2.92. The van der Waals surface area contributed by atoms with Crippen LogP contribution in [0.5, 0.6) is 0 Å². The second kappa shape index (κ2) is 4.86. The molecule has 0 saturated carbocycles. The highest BCUT2D eigenvalue weighted by Crippen LogP contribution is 1.94. The number of aliphatic carboxylic acids is 1. The highest BCUT2D eigenvalue weighted by molar-refractivity contribution is 6.32. The molecule has 7 heteroatoms. The molecule has 0 unspecified atom stereocenters. The van der Waals surface area contributed by atoms with Crippen LogP contribution in [0.1, 0.15) is 12.8 Å². The number of carboxylic acid groups (broad SMARTS) is 1. The van der Waals surface area contributed by atoms with Crippen LogP contribution in [0.2, 0.25) is 0 Å². The van der Waals surface area contributed by atoms with Gasteiger partial charge in [0.25, 0.3) is 0 Å². The molecule has 0 radical (unpaired) electrons. The molecule has 0 aliphatic rings. The lowest BCUT2D eigenvalue weighted by molar-refractivity contribution is -0.149. The van der Waals surface area contributed by atoms with Crippen LogP contribution in [0.25, 0.3) is 10.4 Å². The summed E-state index contributed by atoms with van der Waals surface area (Å²) in [5.74, 6) is -3.51. The predicted octanol–water partition coefficient (Wildman–Crippen LogP) is 0.257. The number of hydrogen-bond donors (Lipinski definition) is 1. The maximum atomic E-state index is 10.4. The molecule has 0 bridgehead atoms. The van der Waals surface area contributed by atoms with Gasteiger partial charge in [-0.25, -0.2) is 4.79 Å². The van der Waals surface area contributed by atoms with E-state index in [4.69, 9.17) is 10.6 Å². The molecule has 0 heterocycles. The summed E-state index contributed by atoms with van der Waals surface area (Å²) in [5.41, 5.74) is 7.75. The van der Waals surface area contributed by atoms with Gasteiger partial charge in [-0.15, -0.1) is 0 Å². The van der Waals surface area contributed by atoms with E-state index in [0.29, 0.717) is 0 Å². The number of rotatable bonds is 4. The first kappa shape index (κ1) is 10.1. The highest BCUT2D eigenvalue weighted by Gasteiger charge is 2.12. The van der Waals surface area contributed by atoms with Crippen molar-refractivity contribution in [2.45, 2.75) is 12.8 Å². The van der Waals surface area contributed by atoms with E-state index in [1.165, 1.54) is 0 Å². The molecule has 0 atom stereocenters. The van der Waals surface area contributed by atoms with Gasteiger partial charge in [0.05, 0.1) is 0 Å². The minimum atomic E-state index is -1.59. The zero-order valence-corrected chi connectivity index (χ0v) is 5.93. The Morgan fingerprint density at radius 2 is 1.92 bits per heavy atom. The summed E-state index contributed by atoms with van der Waals surface area (Å²) in [6.07, 6.45) is -0.803. The summed E-state index contributed by atoms with van der Waals surface area (Å²) >= 11 is 0. The van der Waals surface area contributed by atoms with E-state index < -0.39 is 24.1 Å². The molecule has 12 heavy (non-hydrogen) atoms. The van der Waals surface area contributed by atoms with E-state index in [9.17, 15) is 14.4 Å². The second-order valence-corrected chi connectivity index (χ2v) is 1.81. The predicted molar refractivity (Wildman–Crippen MR) is 36.0 cm³/mol. The standard InChI is InChI=1S/C5H5N3O4/c6-8-7-4(10)2-1-3(9)5(11)12/h1-2H2,(H,11,12). The second-order valence-electron chi connectivity index (χ2n) is 1.81. The van der Waals surface area contributed by atoms with Crippen molar-refractivity contribution in [3.8, 4) is 0 Å². The lowest BCUT2D eigenvalue weighted by Gasteiger charge is -1.89. The third kappa shape index (κ3) is 4.02.